The minimum absolute atomic E-state index is 0.0947. The number of hydrogen-bond acceptors (Lipinski definition) is 4. The van der Waals surface area contributed by atoms with Gasteiger partial charge in [0.25, 0.3) is 0 Å². The molecule has 0 atom stereocenters. The molecule has 0 heterocycles. The Labute approximate surface area is 120 Å². The lowest BCUT2D eigenvalue weighted by Crippen LogP contribution is -2.29. The Morgan fingerprint density at radius 3 is 2.70 bits per heavy atom. The van der Waals surface area contributed by atoms with Crippen molar-refractivity contribution < 1.29 is 22.7 Å². The first-order valence-electron chi connectivity index (χ1n) is 5.24. The Balaban J connectivity index is 2.60. The zero-order chi connectivity index (χ0) is 15.2. The first-order chi connectivity index (χ1) is 9.31. The number of carbonyl (C=O) groups excluding carboxylic acids is 1. The van der Waals surface area contributed by atoms with Crippen LogP contribution in [0, 0.1) is 11.3 Å². The van der Waals surface area contributed by atoms with Crippen LogP contribution in [0.4, 0.5) is 18.9 Å². The third-order valence-corrected chi connectivity index (χ3v) is 2.59. The van der Waals surface area contributed by atoms with Crippen LogP contribution in [0.15, 0.2) is 22.7 Å². The Bertz CT molecular complexity index is 529. The summed E-state index contributed by atoms with van der Waals surface area (Å²) in [5, 5.41) is 13.3. The van der Waals surface area contributed by atoms with Crippen LogP contribution in [0.5, 0.6) is 5.75 Å². The highest BCUT2D eigenvalue weighted by Crippen LogP contribution is 2.32. The highest BCUT2D eigenvalue weighted by Gasteiger charge is 2.31. The maximum Gasteiger partial charge on any atom is 0.573 e. The first kappa shape index (κ1) is 16.1. The van der Waals surface area contributed by atoms with E-state index in [2.05, 4.69) is 31.3 Å². The van der Waals surface area contributed by atoms with Gasteiger partial charge in [-0.3, -0.25) is 4.79 Å². The Hall–Kier alpha value is -1.95. The van der Waals surface area contributed by atoms with Crippen molar-refractivity contribution in [2.75, 3.05) is 18.4 Å². The molecule has 1 aromatic rings. The van der Waals surface area contributed by atoms with Gasteiger partial charge in [-0.15, -0.1) is 13.2 Å². The molecular formula is C11H9BrF3N3O2. The number of carbonyl (C=O) groups is 1. The van der Waals surface area contributed by atoms with Crippen LogP contribution in [-0.4, -0.2) is 25.4 Å². The Kier molecular flexibility index (Phi) is 5.64. The molecule has 0 aliphatic heterocycles. The summed E-state index contributed by atoms with van der Waals surface area (Å²) in [4.78, 5) is 11.2. The van der Waals surface area contributed by atoms with Crippen molar-refractivity contribution in [2.45, 2.75) is 6.36 Å². The highest BCUT2D eigenvalue weighted by atomic mass is 79.9. The molecule has 0 unspecified atom stereocenters. The van der Waals surface area contributed by atoms with Gasteiger partial charge in [0.2, 0.25) is 5.91 Å². The predicted octanol–water partition coefficient (Wildman–Crippen LogP) is 2.40. The average molecular weight is 352 g/mol. The Morgan fingerprint density at radius 2 is 2.15 bits per heavy atom. The van der Waals surface area contributed by atoms with Crippen molar-refractivity contribution in [2.24, 2.45) is 0 Å². The maximum absolute atomic E-state index is 12.1. The number of rotatable bonds is 5. The van der Waals surface area contributed by atoms with Gasteiger partial charge in [0.1, 0.15) is 12.3 Å². The molecule has 0 radical (unpaired) electrons. The molecule has 0 saturated heterocycles. The lowest BCUT2D eigenvalue weighted by molar-refractivity contribution is -0.274. The van der Waals surface area contributed by atoms with Gasteiger partial charge >= 0.3 is 6.36 Å². The fraction of sp³-hybridized carbons (Fsp3) is 0.273. The molecule has 0 fully saturated rings. The number of nitrogens with zero attached hydrogens (tertiary/aromatic N) is 1. The third kappa shape index (κ3) is 5.79. The van der Waals surface area contributed by atoms with E-state index in [1.165, 1.54) is 12.1 Å². The third-order valence-electron chi connectivity index (χ3n) is 1.98. The number of ether oxygens (including phenoxy) is 1. The molecule has 1 aromatic carbocycles. The smallest absolute Gasteiger partial charge is 0.405 e. The van der Waals surface area contributed by atoms with E-state index in [9.17, 15) is 18.0 Å². The van der Waals surface area contributed by atoms with Crippen LogP contribution in [0.1, 0.15) is 0 Å². The van der Waals surface area contributed by atoms with Crippen molar-refractivity contribution in [1.82, 2.24) is 5.32 Å². The van der Waals surface area contributed by atoms with Crippen LogP contribution >= 0.6 is 15.9 Å². The Morgan fingerprint density at radius 1 is 1.45 bits per heavy atom. The molecule has 0 aliphatic rings. The average Bonchev–Trinajstić information content (AvgIpc) is 2.35. The van der Waals surface area contributed by atoms with Crippen LogP contribution in [0.3, 0.4) is 0 Å². The van der Waals surface area contributed by atoms with E-state index in [1.807, 2.05) is 0 Å². The number of anilines is 1. The predicted molar refractivity (Wildman–Crippen MR) is 67.9 cm³/mol. The van der Waals surface area contributed by atoms with Gasteiger partial charge in [-0.25, -0.2) is 0 Å². The van der Waals surface area contributed by atoms with Gasteiger partial charge in [0.15, 0.2) is 0 Å². The van der Waals surface area contributed by atoms with E-state index in [1.54, 1.807) is 6.07 Å². The van der Waals surface area contributed by atoms with Gasteiger partial charge in [-0.2, -0.15) is 5.26 Å². The van der Waals surface area contributed by atoms with E-state index in [-0.39, 0.29) is 23.3 Å². The van der Waals surface area contributed by atoms with E-state index < -0.39 is 12.3 Å². The lowest BCUT2D eigenvalue weighted by Gasteiger charge is -2.12. The standard InChI is InChI=1S/C11H9BrF3N3O2/c12-8-5-7(18-6-10(19)17-4-3-16)1-2-9(8)20-11(13,14)15/h1-2,5,18H,4,6H2,(H,17,19). The largest absolute Gasteiger partial charge is 0.573 e. The summed E-state index contributed by atoms with van der Waals surface area (Å²) >= 11 is 2.94. The molecule has 108 valence electrons. The number of nitriles is 1. The molecule has 0 saturated carbocycles. The summed E-state index contributed by atoms with van der Waals surface area (Å²) in [7, 11) is 0. The van der Waals surface area contributed by atoms with Crippen LogP contribution in [0.2, 0.25) is 0 Å². The fourth-order valence-corrected chi connectivity index (χ4v) is 1.66. The second-order valence-electron chi connectivity index (χ2n) is 3.48. The molecular weight excluding hydrogens is 343 g/mol. The second-order valence-corrected chi connectivity index (χ2v) is 4.34. The van der Waals surface area contributed by atoms with Crippen molar-refractivity contribution in [1.29, 1.82) is 5.26 Å². The highest BCUT2D eigenvalue weighted by molar-refractivity contribution is 9.10. The summed E-state index contributed by atoms with van der Waals surface area (Å²) in [6, 6.07) is 5.55. The summed E-state index contributed by atoms with van der Waals surface area (Å²) < 4.78 is 40.0. The summed E-state index contributed by atoms with van der Waals surface area (Å²) in [6.07, 6.45) is -4.77. The van der Waals surface area contributed by atoms with Crippen LogP contribution < -0.4 is 15.4 Å². The second kappa shape index (κ2) is 7.00. The summed E-state index contributed by atoms with van der Waals surface area (Å²) in [5.74, 6) is -0.782. The maximum atomic E-state index is 12.1. The van der Waals surface area contributed by atoms with Crippen molar-refractivity contribution in [3.8, 4) is 11.8 Å². The zero-order valence-electron chi connectivity index (χ0n) is 9.92. The minimum Gasteiger partial charge on any atom is -0.405 e. The minimum atomic E-state index is -4.77. The zero-order valence-corrected chi connectivity index (χ0v) is 11.5. The molecule has 5 nitrogen and oxygen atoms in total. The molecule has 20 heavy (non-hydrogen) atoms. The number of amides is 1. The number of nitrogens with one attached hydrogen (secondary N) is 2. The number of benzene rings is 1. The molecule has 9 heteroatoms. The molecule has 2 N–H and O–H groups in total. The summed E-state index contributed by atoms with van der Waals surface area (Å²) in [6.45, 7) is -0.212. The van der Waals surface area contributed by atoms with Gasteiger partial charge < -0.3 is 15.4 Å². The van der Waals surface area contributed by atoms with Crippen molar-refractivity contribution >= 4 is 27.5 Å². The molecule has 0 aliphatic carbocycles. The van der Waals surface area contributed by atoms with E-state index >= 15 is 0 Å². The SMILES string of the molecule is N#CCNC(=O)CNc1ccc(OC(F)(F)F)c(Br)c1. The van der Waals surface area contributed by atoms with E-state index in [0.29, 0.717) is 5.69 Å². The normalized spacial score (nSPS) is 10.6. The van der Waals surface area contributed by atoms with Gasteiger partial charge in [-0.1, -0.05) is 0 Å². The van der Waals surface area contributed by atoms with Gasteiger partial charge in [-0.05, 0) is 34.1 Å². The van der Waals surface area contributed by atoms with Crippen molar-refractivity contribution in [3.05, 3.63) is 22.7 Å². The molecule has 0 spiro atoms. The van der Waals surface area contributed by atoms with Crippen molar-refractivity contribution in [3.63, 3.8) is 0 Å². The van der Waals surface area contributed by atoms with Crippen LogP contribution in [0.25, 0.3) is 0 Å². The molecule has 0 aromatic heterocycles. The van der Waals surface area contributed by atoms with Gasteiger partial charge in [0.05, 0.1) is 17.1 Å². The first-order valence-corrected chi connectivity index (χ1v) is 6.04. The fourth-order valence-electron chi connectivity index (χ4n) is 1.20. The molecule has 1 rings (SSSR count). The van der Waals surface area contributed by atoms with Gasteiger partial charge in [0, 0.05) is 5.69 Å². The number of hydrogen-bond donors (Lipinski definition) is 2. The topological polar surface area (TPSA) is 74.2 Å². The van der Waals surface area contributed by atoms with Crippen LogP contribution in [-0.2, 0) is 4.79 Å². The van der Waals surface area contributed by atoms with E-state index in [4.69, 9.17) is 5.26 Å². The van der Waals surface area contributed by atoms with E-state index in [0.717, 1.165) is 6.07 Å². The molecule has 0 bridgehead atoms. The quantitative estimate of drug-likeness (QED) is 0.799. The monoisotopic (exact) mass is 351 g/mol. The number of halogens is 4. The summed E-state index contributed by atoms with van der Waals surface area (Å²) in [5.41, 5.74) is 0.429. The number of alkyl halides is 3. The molecule has 1 amide bonds. The lowest BCUT2D eigenvalue weighted by atomic mass is 10.3.